The predicted octanol–water partition coefficient (Wildman–Crippen LogP) is 2.81. The molecule has 0 unspecified atom stereocenters. The van der Waals surface area contributed by atoms with E-state index in [0.717, 1.165) is 44.1 Å². The molecule has 0 aromatic heterocycles. The van der Waals surface area contributed by atoms with Crippen molar-refractivity contribution in [1.29, 1.82) is 0 Å². The largest absolute Gasteiger partial charge is 0.444 e. The number of amides is 5. The Labute approximate surface area is 264 Å². The van der Waals surface area contributed by atoms with E-state index >= 15 is 0 Å². The summed E-state index contributed by atoms with van der Waals surface area (Å²) in [6.45, 7) is 5.18. The van der Waals surface area contributed by atoms with Crippen LogP contribution in [0.25, 0.3) is 0 Å². The third kappa shape index (κ3) is 6.41. The lowest BCUT2D eigenvalue weighted by Crippen LogP contribution is -2.57. The van der Waals surface area contributed by atoms with Gasteiger partial charge >= 0.3 is 12.1 Å². The van der Waals surface area contributed by atoms with E-state index in [9.17, 15) is 27.6 Å². The van der Waals surface area contributed by atoms with Crippen molar-refractivity contribution >= 4 is 34.0 Å². The molecule has 3 aliphatic heterocycles. The lowest BCUT2D eigenvalue weighted by atomic mass is 9.98. The molecule has 2 aliphatic carbocycles. The van der Waals surface area contributed by atoms with Gasteiger partial charge in [-0.05, 0) is 55.2 Å². The Morgan fingerprint density at radius 2 is 1.80 bits per heavy atom. The molecule has 2 saturated carbocycles. The van der Waals surface area contributed by atoms with Gasteiger partial charge in [-0.15, -0.1) is 6.58 Å². The molecule has 244 valence electrons. The third-order valence-electron chi connectivity index (χ3n) is 9.93. The summed E-state index contributed by atoms with van der Waals surface area (Å²) >= 11 is 0. The van der Waals surface area contributed by atoms with Crippen LogP contribution in [-0.2, 0) is 43.9 Å². The first-order valence-electron chi connectivity index (χ1n) is 16.1. The highest BCUT2D eigenvalue weighted by Gasteiger charge is 2.62. The van der Waals surface area contributed by atoms with Crippen LogP contribution < -0.4 is 10.0 Å². The minimum Gasteiger partial charge on any atom is -0.444 e. The molecule has 2 N–H and O–H groups in total. The summed E-state index contributed by atoms with van der Waals surface area (Å²) in [6, 6.07) is 4.83. The van der Waals surface area contributed by atoms with Crippen LogP contribution >= 0.6 is 0 Å². The fourth-order valence-corrected chi connectivity index (χ4v) is 8.31. The summed E-state index contributed by atoms with van der Waals surface area (Å²) in [5.41, 5.74) is 2.07. The van der Waals surface area contributed by atoms with E-state index < -0.39 is 56.8 Å². The molecule has 45 heavy (non-hydrogen) atoms. The number of hydrogen-bond donors (Lipinski definition) is 2. The van der Waals surface area contributed by atoms with Crippen molar-refractivity contribution in [1.82, 2.24) is 24.7 Å². The Bertz CT molecular complexity index is 1490. The van der Waals surface area contributed by atoms with Gasteiger partial charge < -0.3 is 19.9 Å². The average molecular weight is 642 g/mol. The van der Waals surface area contributed by atoms with Crippen molar-refractivity contribution in [3.63, 3.8) is 0 Å². The number of rotatable bonds is 6. The second-order valence-corrected chi connectivity index (χ2v) is 15.2. The molecule has 1 saturated heterocycles. The minimum absolute atomic E-state index is 0.0270. The van der Waals surface area contributed by atoms with Gasteiger partial charge in [-0.1, -0.05) is 43.5 Å². The number of aryl methyl sites for hydroxylation is 1. The van der Waals surface area contributed by atoms with Gasteiger partial charge in [0.25, 0.3) is 5.91 Å². The van der Waals surface area contributed by atoms with Crippen molar-refractivity contribution < 1.29 is 32.3 Å². The number of fused-ring (bicyclic) bond motifs is 3. The number of sulfonamides is 1. The number of nitrogens with one attached hydrogen (secondary N) is 2. The van der Waals surface area contributed by atoms with E-state index in [1.54, 1.807) is 16.8 Å². The Hall–Kier alpha value is -3.61. The Morgan fingerprint density at radius 1 is 1.07 bits per heavy atom. The highest BCUT2D eigenvalue weighted by molar-refractivity contribution is 7.91. The van der Waals surface area contributed by atoms with Crippen molar-refractivity contribution in [3.05, 3.63) is 47.5 Å². The molecule has 0 spiro atoms. The van der Waals surface area contributed by atoms with Crippen molar-refractivity contribution in [3.8, 4) is 0 Å². The fraction of sp³-hybridized carbons (Fsp3) is 0.625. The first-order chi connectivity index (χ1) is 21.5. The van der Waals surface area contributed by atoms with Gasteiger partial charge in [-0.25, -0.2) is 18.0 Å². The van der Waals surface area contributed by atoms with E-state index in [4.69, 9.17) is 4.74 Å². The molecule has 4 atom stereocenters. The van der Waals surface area contributed by atoms with Crippen molar-refractivity contribution in [2.45, 2.75) is 100 Å². The summed E-state index contributed by atoms with van der Waals surface area (Å²) in [6.07, 6.45) is 7.47. The molecule has 3 fully saturated rings. The van der Waals surface area contributed by atoms with E-state index in [0.29, 0.717) is 32.5 Å². The van der Waals surface area contributed by atoms with Crippen LogP contribution in [0.5, 0.6) is 0 Å². The van der Waals surface area contributed by atoms with Crippen LogP contribution in [0.4, 0.5) is 9.59 Å². The first kappa shape index (κ1) is 31.4. The molecule has 12 nitrogen and oxygen atoms in total. The van der Waals surface area contributed by atoms with Crippen LogP contribution in [0.2, 0.25) is 0 Å². The number of urea groups is 1. The minimum atomic E-state index is -3.83. The van der Waals surface area contributed by atoms with Gasteiger partial charge in [-0.2, -0.15) is 0 Å². The predicted molar refractivity (Wildman–Crippen MR) is 165 cm³/mol. The Morgan fingerprint density at radius 3 is 2.53 bits per heavy atom. The lowest BCUT2D eigenvalue weighted by Gasteiger charge is -2.30. The van der Waals surface area contributed by atoms with E-state index in [2.05, 4.69) is 22.7 Å². The summed E-state index contributed by atoms with van der Waals surface area (Å²) in [4.78, 5) is 58.8. The number of carbonyl (C=O) groups is 4. The molecule has 1 aromatic carbocycles. The first-order valence-corrected chi connectivity index (χ1v) is 17.6. The van der Waals surface area contributed by atoms with Crippen LogP contribution in [0.1, 0.15) is 74.5 Å². The van der Waals surface area contributed by atoms with Gasteiger partial charge in [0.2, 0.25) is 15.9 Å². The molecule has 1 aromatic rings. The zero-order valence-corrected chi connectivity index (χ0v) is 26.6. The second kappa shape index (κ2) is 12.3. The maximum absolute atomic E-state index is 13.9. The van der Waals surface area contributed by atoms with Gasteiger partial charge in [-0.3, -0.25) is 19.2 Å². The molecule has 4 bridgehead atoms. The molecular weight excluding hydrogens is 598 g/mol. The van der Waals surface area contributed by atoms with Crippen molar-refractivity contribution in [2.75, 3.05) is 20.1 Å². The molecule has 5 amide bonds. The number of carbonyl (C=O) groups excluding carboxylic acids is 4. The zero-order chi connectivity index (χ0) is 31.9. The monoisotopic (exact) mass is 641 g/mol. The second-order valence-electron chi connectivity index (χ2n) is 13.2. The lowest BCUT2D eigenvalue weighted by molar-refractivity contribution is -0.131. The maximum Gasteiger partial charge on any atom is 0.410 e. The SMILES string of the molecule is C=C[C@H]1C[C@]1(NC(=O)[C@@H]1C[C@@H]2CN1C(=O)N(C)CCCCCCCc1cccc3c1CN(C3)C(=O)O2)C(=O)NS(=O)(=O)C1CC1. The molecule has 6 rings (SSSR count). The van der Waals surface area contributed by atoms with Crippen LogP contribution in [0, 0.1) is 5.92 Å². The average Bonchev–Trinajstić information content (AvgIpc) is 3.90. The van der Waals surface area contributed by atoms with Crippen LogP contribution in [0.3, 0.4) is 0 Å². The normalized spacial score (nSPS) is 29.0. The van der Waals surface area contributed by atoms with Gasteiger partial charge in [0.05, 0.1) is 11.8 Å². The third-order valence-corrected chi connectivity index (χ3v) is 11.8. The van der Waals surface area contributed by atoms with E-state index in [1.165, 1.54) is 22.1 Å². The summed E-state index contributed by atoms with van der Waals surface area (Å²) in [5, 5.41) is 2.18. The topological polar surface area (TPSA) is 145 Å². The maximum atomic E-state index is 13.9. The molecule has 3 heterocycles. The molecule has 5 aliphatic rings. The highest BCUT2D eigenvalue weighted by atomic mass is 32.2. The molecule has 0 radical (unpaired) electrons. The standard InChI is InChI=1S/C32H43N5O7S/c1-3-23-17-32(23,29(39)34-45(42,43)25-13-14-25)33-28(38)27-16-24-19-37(27)30(40)35(2)15-8-6-4-5-7-10-21-11-9-12-22-18-36(20-26(21)22)31(41)44-24/h3,9,11-12,23-25,27H,1,4-8,10,13-20H2,2H3,(H,33,38)(H,34,39)/t23-,24+,27-,32+/m0/s1. The van der Waals surface area contributed by atoms with Crippen LogP contribution in [-0.4, -0.2) is 90.1 Å². The summed E-state index contributed by atoms with van der Waals surface area (Å²) in [7, 11) is -2.14. The quantitative estimate of drug-likeness (QED) is 0.455. The fourth-order valence-electron chi connectivity index (χ4n) is 6.94. The Kier molecular flexibility index (Phi) is 8.57. The zero-order valence-electron chi connectivity index (χ0n) is 25.8. The van der Waals surface area contributed by atoms with Gasteiger partial charge in [0.15, 0.2) is 0 Å². The Balaban J connectivity index is 1.20. The van der Waals surface area contributed by atoms with Gasteiger partial charge in [0, 0.05) is 39.0 Å². The molecule has 13 heteroatoms. The number of hydrogen-bond acceptors (Lipinski definition) is 7. The smallest absolute Gasteiger partial charge is 0.410 e. The number of nitrogens with zero attached hydrogens (tertiary/aromatic N) is 3. The summed E-state index contributed by atoms with van der Waals surface area (Å²) in [5.74, 6) is -1.85. The van der Waals surface area contributed by atoms with Gasteiger partial charge in [0.1, 0.15) is 17.7 Å². The van der Waals surface area contributed by atoms with E-state index in [1.807, 2.05) is 12.1 Å². The van der Waals surface area contributed by atoms with E-state index in [-0.39, 0.29) is 25.4 Å². The van der Waals surface area contributed by atoms with Crippen molar-refractivity contribution in [2.24, 2.45) is 5.92 Å². The number of ether oxygens (including phenoxy) is 1. The van der Waals surface area contributed by atoms with Crippen LogP contribution in [0.15, 0.2) is 30.9 Å². The number of benzene rings is 1. The summed E-state index contributed by atoms with van der Waals surface area (Å²) < 4.78 is 33.1. The highest BCUT2D eigenvalue weighted by Crippen LogP contribution is 2.45. The molecular formula is C32H43N5O7S.